The molecule has 0 aliphatic heterocycles. The monoisotopic (exact) mass is 746 g/mol. The quantitative estimate of drug-likeness (QED) is 0.0443. The number of phosphoric acid groups is 6. The van der Waals surface area contributed by atoms with Gasteiger partial charge in [0.25, 0.3) is 0 Å². The Hall–Kier alpha value is 2.78. The van der Waals surface area contributed by atoms with Crippen LogP contribution >= 0.6 is 46.9 Å². The van der Waals surface area contributed by atoms with Gasteiger partial charge >= 0.3 is 98.2 Å². The standard InChI is InChI=1S/C8H20O7P2.C4H12O7P2.2Na.H4O7P2/c1-3-5-7-13-17(12,14-8-6-4-2)15-16(9,10)11;1-3-9-13(8,10-4-2)11-12(5,6)7;;;1-8(2,3)7-9(4,5)6/h3-8H2,1-2H3,(H2,9,10,11);3-4H2,1-2H3,(H2,5,6,7);;;(H2,1,2,3)(H2,4,5,6)/q;;2*+1;/p-2. The minimum absolute atomic E-state index is 0. The van der Waals surface area contributed by atoms with Crippen LogP contribution in [0.1, 0.15) is 53.4 Å². The molecule has 0 aliphatic rings. The van der Waals surface area contributed by atoms with Gasteiger partial charge in [0, 0.05) is 0 Å². The molecule has 21 nitrogen and oxygen atoms in total. The fourth-order valence-corrected chi connectivity index (χ4v) is 6.89. The second kappa shape index (κ2) is 25.8. The molecule has 0 spiro atoms. The Morgan fingerprint density at radius 1 is 0.512 bits per heavy atom. The van der Waals surface area contributed by atoms with Crippen molar-refractivity contribution in [2.24, 2.45) is 0 Å². The minimum atomic E-state index is -5.36. The molecule has 0 rings (SSSR count). The molecule has 0 saturated carbocycles. The van der Waals surface area contributed by atoms with Gasteiger partial charge in [-0.25, -0.2) is 22.8 Å². The van der Waals surface area contributed by atoms with Crippen LogP contribution in [-0.2, 0) is 58.4 Å². The summed E-state index contributed by atoms with van der Waals surface area (Å²) in [5, 5.41) is 0. The van der Waals surface area contributed by atoms with E-state index in [2.05, 4.69) is 22.0 Å². The summed E-state index contributed by atoms with van der Waals surface area (Å²) in [6, 6.07) is 0. The number of rotatable bonds is 18. The Bertz CT molecular complexity index is 897. The SMILES string of the molecule is CCCCOP(=O)(OCCCC)OP(=O)(O)O.CCOP(=O)(OCC)OP(=O)([O-])[O-].O=P(O)(O)OP(=O)(O)O.[Na+].[Na+]. The molecule has 0 amide bonds. The van der Waals surface area contributed by atoms with Crippen molar-refractivity contribution < 1.29 is 157 Å². The third kappa shape index (κ3) is 42.8. The van der Waals surface area contributed by atoms with E-state index in [1.54, 1.807) is 0 Å². The zero-order valence-electron chi connectivity index (χ0n) is 23.1. The van der Waals surface area contributed by atoms with E-state index in [0.717, 1.165) is 12.8 Å². The Morgan fingerprint density at radius 2 is 0.805 bits per heavy atom. The minimum Gasteiger partial charge on any atom is -0.789 e. The molecule has 0 radical (unpaired) electrons. The average Bonchev–Trinajstić information content (AvgIpc) is 2.64. The predicted octanol–water partition coefficient (Wildman–Crippen LogP) is -3.95. The van der Waals surface area contributed by atoms with E-state index in [9.17, 15) is 37.2 Å². The van der Waals surface area contributed by atoms with Crippen LogP contribution in [0.2, 0.25) is 0 Å². The second-order valence-corrected chi connectivity index (χ2v) is 14.9. The fourth-order valence-electron chi connectivity index (χ4n) is 1.52. The zero-order chi connectivity index (χ0) is 31.6. The Kier molecular flexibility index (Phi) is 33.6. The van der Waals surface area contributed by atoms with Crippen LogP contribution in [0, 0.1) is 0 Å². The summed E-state index contributed by atoms with van der Waals surface area (Å²) >= 11 is 0. The first-order valence-electron chi connectivity index (χ1n) is 10.5. The number of unbranched alkanes of at least 4 members (excludes halogenated alkanes) is 2. The molecule has 41 heavy (non-hydrogen) atoms. The van der Waals surface area contributed by atoms with Crippen molar-refractivity contribution in [1.29, 1.82) is 0 Å². The maximum absolute atomic E-state index is 11.8. The van der Waals surface area contributed by atoms with E-state index in [1.165, 1.54) is 13.8 Å². The van der Waals surface area contributed by atoms with Gasteiger partial charge in [-0.15, -0.1) is 0 Å². The molecule has 0 saturated heterocycles. The van der Waals surface area contributed by atoms with Crippen molar-refractivity contribution in [2.75, 3.05) is 26.4 Å². The van der Waals surface area contributed by atoms with Crippen molar-refractivity contribution in [2.45, 2.75) is 53.4 Å². The Balaban J connectivity index is -0.000000161. The van der Waals surface area contributed by atoms with E-state index < -0.39 is 46.9 Å². The number of hydrogen-bond acceptors (Lipinski definition) is 15. The molecule has 0 fully saturated rings. The topological polar surface area (TPSA) is 335 Å². The van der Waals surface area contributed by atoms with E-state index in [0.29, 0.717) is 12.8 Å². The summed E-state index contributed by atoms with van der Waals surface area (Å²) < 4.78 is 92.1. The van der Waals surface area contributed by atoms with Crippen molar-refractivity contribution in [3.63, 3.8) is 0 Å². The summed E-state index contributed by atoms with van der Waals surface area (Å²) in [5.41, 5.74) is 0. The molecule has 0 unspecified atom stereocenters. The first-order valence-corrected chi connectivity index (χ1v) is 19.4. The summed E-state index contributed by atoms with van der Waals surface area (Å²) in [6.45, 7) is 6.67. The maximum atomic E-state index is 11.8. The molecule has 0 aromatic carbocycles. The molecule has 0 aliphatic carbocycles. The van der Waals surface area contributed by atoms with Crippen LogP contribution in [0.3, 0.4) is 0 Å². The van der Waals surface area contributed by atoms with Crippen LogP contribution in [0.4, 0.5) is 0 Å². The molecule has 0 aromatic rings. The number of phosphoric ester groups is 2. The number of hydrogen-bond donors (Lipinski definition) is 6. The Morgan fingerprint density at radius 3 is 1.00 bits per heavy atom. The van der Waals surface area contributed by atoms with Gasteiger partial charge in [-0.2, -0.15) is 8.62 Å². The van der Waals surface area contributed by atoms with Gasteiger partial charge in [0.1, 0.15) is 0 Å². The molecular formula is C12H34Na2O21P6. The maximum Gasteiger partial charge on any atom is 1.00 e. The zero-order valence-corrected chi connectivity index (χ0v) is 32.5. The molecule has 29 heteroatoms. The summed E-state index contributed by atoms with van der Waals surface area (Å²) in [5.74, 6) is 0. The van der Waals surface area contributed by atoms with E-state index in [4.69, 9.17) is 38.4 Å². The van der Waals surface area contributed by atoms with Crippen LogP contribution in [0.25, 0.3) is 0 Å². The normalized spacial score (nSPS) is 12.6. The fraction of sp³-hybridized carbons (Fsp3) is 1.00. The van der Waals surface area contributed by atoms with Gasteiger partial charge in [0.15, 0.2) is 0 Å². The van der Waals surface area contributed by atoms with Crippen LogP contribution in [0.15, 0.2) is 0 Å². The molecule has 6 N–H and O–H groups in total. The van der Waals surface area contributed by atoms with Gasteiger partial charge in [0.2, 0.25) is 0 Å². The third-order valence-corrected chi connectivity index (χ3v) is 9.79. The molecule has 240 valence electrons. The van der Waals surface area contributed by atoms with Crippen LogP contribution in [-0.4, -0.2) is 55.8 Å². The predicted molar refractivity (Wildman–Crippen MR) is 127 cm³/mol. The molecule has 0 aromatic heterocycles. The average molecular weight is 746 g/mol. The van der Waals surface area contributed by atoms with Gasteiger partial charge in [0.05, 0.1) is 34.3 Å². The van der Waals surface area contributed by atoms with E-state index >= 15 is 0 Å². The summed E-state index contributed by atoms with van der Waals surface area (Å²) in [6.07, 6.45) is 2.80. The smallest absolute Gasteiger partial charge is 0.789 e. The van der Waals surface area contributed by atoms with Crippen LogP contribution in [0.5, 0.6) is 0 Å². The van der Waals surface area contributed by atoms with Gasteiger partial charge < -0.3 is 43.7 Å². The largest absolute Gasteiger partial charge is 1.00 e. The summed E-state index contributed by atoms with van der Waals surface area (Å²) in [7, 11) is -28.8. The second-order valence-electron chi connectivity index (χ2n) is 6.27. The van der Waals surface area contributed by atoms with Crippen molar-refractivity contribution in [1.82, 2.24) is 0 Å². The molecule has 0 atom stereocenters. The van der Waals surface area contributed by atoms with Crippen molar-refractivity contribution in [3.8, 4) is 0 Å². The Labute approximate surface area is 281 Å². The van der Waals surface area contributed by atoms with Gasteiger partial charge in [-0.1, -0.05) is 26.7 Å². The van der Waals surface area contributed by atoms with Crippen molar-refractivity contribution in [3.05, 3.63) is 0 Å². The van der Waals surface area contributed by atoms with Crippen LogP contribution < -0.4 is 68.9 Å². The first-order chi connectivity index (χ1) is 17.4. The molecule has 0 heterocycles. The van der Waals surface area contributed by atoms with Gasteiger partial charge in [-0.05, 0) is 26.7 Å². The van der Waals surface area contributed by atoms with E-state index in [1.807, 2.05) is 13.8 Å². The first kappa shape index (κ1) is 53.3. The van der Waals surface area contributed by atoms with E-state index in [-0.39, 0.29) is 85.5 Å². The third-order valence-electron chi connectivity index (χ3n) is 2.69. The molecule has 0 bridgehead atoms. The van der Waals surface area contributed by atoms with Gasteiger partial charge in [-0.3, -0.25) is 22.4 Å². The summed E-state index contributed by atoms with van der Waals surface area (Å²) in [4.78, 5) is 68.5. The molecular weight excluding hydrogens is 712 g/mol. The van der Waals surface area contributed by atoms with Crippen molar-refractivity contribution >= 4 is 46.9 Å².